The molecule has 59 heavy (non-hydrogen) atoms. The van der Waals surface area contributed by atoms with Crippen LogP contribution in [0.25, 0.3) is 22.3 Å². The molecule has 6 aliphatic carbocycles. The van der Waals surface area contributed by atoms with E-state index in [2.05, 4.69) is 174 Å². The molecule has 0 radical (unpaired) electrons. The summed E-state index contributed by atoms with van der Waals surface area (Å²) in [5.74, 6) is 5.21. The normalized spacial score (nSPS) is 29.5. The van der Waals surface area contributed by atoms with Gasteiger partial charge in [0.2, 0.25) is 0 Å². The third-order valence-corrected chi connectivity index (χ3v) is 17.8. The highest BCUT2D eigenvalue weighted by Gasteiger charge is 2.84. The first kappa shape index (κ1) is 34.8. The maximum Gasteiger partial charge on any atom is 0.132 e. The van der Waals surface area contributed by atoms with E-state index in [1.54, 1.807) is 0 Å². The number of hydrogen-bond donors (Lipinski definition) is 0. The monoisotopic (exact) mass is 769 g/mol. The van der Waals surface area contributed by atoms with Gasteiger partial charge in [-0.05, 0) is 171 Å². The van der Waals surface area contributed by atoms with Crippen molar-refractivity contribution in [3.05, 3.63) is 161 Å². The Hall–Kier alpha value is -5.08. The minimum absolute atomic E-state index is 0.0634. The van der Waals surface area contributed by atoms with Crippen LogP contribution in [0.1, 0.15) is 113 Å². The molecular weight excluding hydrogens is 715 g/mol. The molecule has 6 aromatic rings. The largest absolute Gasteiger partial charge is 0.457 e. The molecule has 6 aromatic carbocycles. The highest BCUT2D eigenvalue weighted by molar-refractivity contribution is 5.87. The van der Waals surface area contributed by atoms with Gasteiger partial charge in [0, 0.05) is 39.0 Å². The maximum atomic E-state index is 7.14. The summed E-state index contributed by atoms with van der Waals surface area (Å²) in [4.78, 5) is 2.60. The van der Waals surface area contributed by atoms with Crippen LogP contribution in [0.4, 0.5) is 17.1 Å². The van der Waals surface area contributed by atoms with Gasteiger partial charge in [0.05, 0.1) is 0 Å². The Morgan fingerprint density at radius 2 is 1.15 bits per heavy atom. The van der Waals surface area contributed by atoms with E-state index >= 15 is 0 Å². The summed E-state index contributed by atoms with van der Waals surface area (Å²) in [5.41, 5.74) is 18.4. The van der Waals surface area contributed by atoms with E-state index in [0.717, 1.165) is 23.3 Å². The molecule has 13 rings (SSSR count). The van der Waals surface area contributed by atoms with E-state index in [1.165, 1.54) is 111 Å². The smallest absolute Gasteiger partial charge is 0.132 e. The Kier molecular flexibility index (Phi) is 6.59. The van der Waals surface area contributed by atoms with Gasteiger partial charge < -0.3 is 9.64 Å². The van der Waals surface area contributed by atoms with Crippen molar-refractivity contribution in [2.24, 2.45) is 29.1 Å². The molecule has 1 heterocycles. The molecule has 0 saturated heterocycles. The van der Waals surface area contributed by atoms with Crippen LogP contribution in [0, 0.1) is 29.1 Å². The highest BCUT2D eigenvalue weighted by Crippen LogP contribution is 2.89. The topological polar surface area (TPSA) is 12.5 Å². The second-order valence-electron chi connectivity index (χ2n) is 21.6. The molecule has 2 heteroatoms. The molecule has 1 aliphatic heterocycles. The van der Waals surface area contributed by atoms with Crippen LogP contribution in [-0.2, 0) is 21.7 Å². The quantitative estimate of drug-likeness (QED) is 0.177. The number of fused-ring (bicyclic) bond motifs is 11. The van der Waals surface area contributed by atoms with Gasteiger partial charge in [-0.15, -0.1) is 0 Å². The van der Waals surface area contributed by atoms with Crippen molar-refractivity contribution in [3.63, 3.8) is 0 Å². The van der Waals surface area contributed by atoms with Crippen molar-refractivity contribution in [1.29, 1.82) is 0 Å². The molecule has 6 unspecified atom stereocenters. The number of ether oxygens (including phenoxy) is 1. The third kappa shape index (κ3) is 4.19. The molecule has 0 N–H and O–H groups in total. The van der Waals surface area contributed by atoms with Crippen LogP contribution in [0.2, 0.25) is 0 Å². The van der Waals surface area contributed by atoms with E-state index in [9.17, 15) is 0 Å². The van der Waals surface area contributed by atoms with Gasteiger partial charge in [-0.25, -0.2) is 0 Å². The Labute approximate surface area is 350 Å². The maximum absolute atomic E-state index is 7.14. The van der Waals surface area contributed by atoms with Crippen molar-refractivity contribution in [1.82, 2.24) is 0 Å². The number of benzene rings is 6. The minimum atomic E-state index is -0.0937. The van der Waals surface area contributed by atoms with E-state index in [-0.39, 0.29) is 21.7 Å². The van der Waals surface area contributed by atoms with Crippen LogP contribution in [0.5, 0.6) is 11.5 Å². The molecule has 7 aliphatic rings. The zero-order valence-electron chi connectivity index (χ0n) is 35.5. The Balaban J connectivity index is 1.05. The fourth-order valence-corrected chi connectivity index (χ4v) is 15.2. The lowest BCUT2D eigenvalue weighted by Gasteiger charge is -2.77. The zero-order valence-corrected chi connectivity index (χ0v) is 35.5. The molecule has 4 fully saturated rings. The third-order valence-electron chi connectivity index (χ3n) is 17.8. The van der Waals surface area contributed by atoms with E-state index in [4.69, 9.17) is 4.74 Å². The van der Waals surface area contributed by atoms with Crippen LogP contribution >= 0.6 is 0 Å². The molecule has 294 valence electrons. The van der Waals surface area contributed by atoms with Crippen molar-refractivity contribution in [2.45, 2.75) is 102 Å². The van der Waals surface area contributed by atoms with Gasteiger partial charge >= 0.3 is 0 Å². The van der Waals surface area contributed by atoms with Gasteiger partial charge in [-0.1, -0.05) is 120 Å². The van der Waals surface area contributed by atoms with Crippen LogP contribution in [0.3, 0.4) is 0 Å². The summed E-state index contributed by atoms with van der Waals surface area (Å²) < 4.78 is 7.14. The molecule has 6 atom stereocenters. The Morgan fingerprint density at radius 1 is 0.508 bits per heavy atom. The standard InChI is InChI=1S/C57H55NO/c1-53(2)25-26-54(3,4)46-31-38(20-23-44(46)53)58(37-19-22-42-41-15-10-11-17-43(41)55(5,6)45(42)30-37)39-21-24-48-47(32-39)57(50-28-34-27-36-29-51(57)56(36,50)33-34)52-40(16-12-18-49(52)59-48)35-13-8-7-9-14-35/h7-24,30-32,34,36,50-51H,25-29,33H2,1-6H3. The van der Waals surface area contributed by atoms with Gasteiger partial charge in [-0.2, -0.15) is 0 Å². The van der Waals surface area contributed by atoms with Crippen molar-refractivity contribution < 1.29 is 4.74 Å². The summed E-state index contributed by atoms with van der Waals surface area (Å²) in [6.45, 7) is 14.6. The van der Waals surface area contributed by atoms with Crippen molar-refractivity contribution >= 4 is 17.1 Å². The second-order valence-corrected chi connectivity index (χ2v) is 21.6. The SMILES string of the molecule is CC1(C)CCC(C)(C)c2cc(N(c3ccc4c(c3)C(C)(C)c3ccccc3-4)c3ccc4c(c3)C3(c5c(cccc5-c5ccccc5)O4)C4CC5CC6CC3C64C5)ccc21. The summed E-state index contributed by atoms with van der Waals surface area (Å²) in [6.07, 6.45) is 7.99. The summed E-state index contributed by atoms with van der Waals surface area (Å²) in [5, 5.41) is 0. The molecule has 0 amide bonds. The van der Waals surface area contributed by atoms with Crippen molar-refractivity contribution in [3.8, 4) is 33.8 Å². The predicted molar refractivity (Wildman–Crippen MR) is 242 cm³/mol. The average molecular weight is 770 g/mol. The number of rotatable bonds is 4. The lowest BCUT2D eigenvalue weighted by atomic mass is 9.26. The molecule has 4 saturated carbocycles. The lowest BCUT2D eigenvalue weighted by molar-refractivity contribution is -0.234. The minimum Gasteiger partial charge on any atom is -0.457 e. The predicted octanol–water partition coefficient (Wildman–Crippen LogP) is 14.9. The molecule has 2 bridgehead atoms. The first-order chi connectivity index (χ1) is 28.4. The van der Waals surface area contributed by atoms with Crippen molar-refractivity contribution in [2.75, 3.05) is 4.90 Å². The first-order valence-electron chi connectivity index (χ1n) is 22.6. The van der Waals surface area contributed by atoms with Crippen LogP contribution < -0.4 is 9.64 Å². The van der Waals surface area contributed by atoms with Crippen LogP contribution in [-0.4, -0.2) is 0 Å². The Morgan fingerprint density at radius 3 is 1.95 bits per heavy atom. The molecule has 2 nitrogen and oxygen atoms in total. The molecular formula is C57H55NO. The summed E-state index contributed by atoms with van der Waals surface area (Å²) in [7, 11) is 0. The van der Waals surface area contributed by atoms with Gasteiger partial charge in [0.15, 0.2) is 0 Å². The first-order valence-corrected chi connectivity index (χ1v) is 22.6. The lowest BCUT2D eigenvalue weighted by Crippen LogP contribution is -2.74. The summed E-state index contributed by atoms with van der Waals surface area (Å²) >= 11 is 0. The fraction of sp³-hybridized carbons (Fsp3) is 0.368. The van der Waals surface area contributed by atoms with Gasteiger partial charge in [0.25, 0.3) is 0 Å². The zero-order chi connectivity index (χ0) is 39.8. The van der Waals surface area contributed by atoms with E-state index in [0.29, 0.717) is 17.3 Å². The number of nitrogens with zero attached hydrogens (tertiary/aromatic N) is 1. The number of hydrogen-bond acceptors (Lipinski definition) is 2. The fourth-order valence-electron chi connectivity index (χ4n) is 15.2. The second kappa shape index (κ2) is 11.2. The average Bonchev–Trinajstić information content (AvgIpc) is 3.85. The van der Waals surface area contributed by atoms with Gasteiger partial charge in [0.1, 0.15) is 11.5 Å². The summed E-state index contributed by atoms with van der Waals surface area (Å²) in [6, 6.07) is 49.1. The molecule has 2 spiro atoms. The molecule has 0 aromatic heterocycles. The van der Waals surface area contributed by atoms with E-state index in [1.807, 2.05) is 0 Å². The Bertz CT molecular complexity index is 2790. The van der Waals surface area contributed by atoms with E-state index < -0.39 is 0 Å². The van der Waals surface area contributed by atoms with Crippen LogP contribution in [0.15, 0.2) is 127 Å². The number of anilines is 3. The highest BCUT2D eigenvalue weighted by atomic mass is 16.5. The van der Waals surface area contributed by atoms with Gasteiger partial charge in [-0.3, -0.25) is 0 Å².